The second kappa shape index (κ2) is 4.66. The van der Waals surface area contributed by atoms with Crippen LogP contribution >= 0.6 is 0 Å². The Kier molecular flexibility index (Phi) is 3.72. The molecule has 1 atom stereocenters. The Labute approximate surface area is 61.9 Å². The van der Waals surface area contributed by atoms with Gasteiger partial charge in [0.1, 0.15) is 6.73 Å². The third-order valence-corrected chi connectivity index (χ3v) is 1.74. The fraction of sp³-hybridized carbons (Fsp3) is 1.00. The molecule has 1 aliphatic heterocycles. The fourth-order valence-electron chi connectivity index (χ4n) is 1.15. The van der Waals surface area contributed by atoms with Gasteiger partial charge in [0.25, 0.3) is 0 Å². The van der Waals surface area contributed by atoms with E-state index in [2.05, 4.69) is 5.32 Å². The van der Waals surface area contributed by atoms with E-state index < -0.39 is 0 Å². The van der Waals surface area contributed by atoms with E-state index in [4.69, 9.17) is 10.5 Å². The summed E-state index contributed by atoms with van der Waals surface area (Å²) >= 11 is 0. The zero-order valence-electron chi connectivity index (χ0n) is 6.25. The van der Waals surface area contributed by atoms with Crippen molar-refractivity contribution < 1.29 is 4.74 Å². The summed E-state index contributed by atoms with van der Waals surface area (Å²) in [7, 11) is 0. The van der Waals surface area contributed by atoms with Crippen LogP contribution in [0.4, 0.5) is 0 Å². The van der Waals surface area contributed by atoms with Crippen LogP contribution in [-0.4, -0.2) is 26.4 Å². The van der Waals surface area contributed by atoms with Gasteiger partial charge in [0.2, 0.25) is 0 Å². The first kappa shape index (κ1) is 7.98. The summed E-state index contributed by atoms with van der Waals surface area (Å²) in [6.45, 7) is 3.24. The molecule has 1 aliphatic rings. The standard InChI is InChI=1S/C7H15N2O/c8-3-1-2-7-4-9-6-10-5-7/h7H,1-6,8H2. The monoisotopic (exact) mass is 143 g/mol. The highest BCUT2D eigenvalue weighted by Gasteiger charge is 2.12. The average Bonchev–Trinajstić information content (AvgIpc) is 2.03. The summed E-state index contributed by atoms with van der Waals surface area (Å²) < 4.78 is 5.17. The van der Waals surface area contributed by atoms with Gasteiger partial charge in [0, 0.05) is 6.54 Å². The molecule has 59 valence electrons. The Balaban J connectivity index is 2.02. The average molecular weight is 143 g/mol. The van der Waals surface area contributed by atoms with Gasteiger partial charge in [0.05, 0.1) is 6.61 Å². The number of hydrogen-bond acceptors (Lipinski definition) is 2. The van der Waals surface area contributed by atoms with Crippen molar-refractivity contribution in [2.45, 2.75) is 12.8 Å². The van der Waals surface area contributed by atoms with Crippen LogP contribution in [0.15, 0.2) is 0 Å². The van der Waals surface area contributed by atoms with Gasteiger partial charge in [-0.25, -0.2) is 5.32 Å². The lowest BCUT2D eigenvalue weighted by atomic mass is 10.0. The molecule has 2 N–H and O–H groups in total. The minimum atomic E-state index is 0.596. The van der Waals surface area contributed by atoms with E-state index in [0.29, 0.717) is 12.6 Å². The minimum Gasteiger partial charge on any atom is -0.364 e. The molecule has 0 spiro atoms. The second-order valence-electron chi connectivity index (χ2n) is 2.70. The number of nitrogens with two attached hydrogens (primary N) is 1. The lowest BCUT2D eigenvalue weighted by Crippen LogP contribution is -2.30. The Morgan fingerprint density at radius 2 is 2.50 bits per heavy atom. The molecule has 0 aromatic rings. The molecule has 10 heavy (non-hydrogen) atoms. The molecule has 0 saturated carbocycles. The molecule has 3 nitrogen and oxygen atoms in total. The van der Waals surface area contributed by atoms with Gasteiger partial charge in [-0.1, -0.05) is 0 Å². The highest BCUT2D eigenvalue weighted by molar-refractivity contribution is 4.64. The topological polar surface area (TPSA) is 49.4 Å². The highest BCUT2D eigenvalue weighted by Crippen LogP contribution is 2.08. The maximum absolute atomic E-state index is 5.37. The van der Waals surface area contributed by atoms with Crippen LogP contribution in [0.2, 0.25) is 0 Å². The first-order valence-corrected chi connectivity index (χ1v) is 3.84. The number of nitrogens with zero attached hydrogens (tertiary/aromatic N) is 1. The van der Waals surface area contributed by atoms with Gasteiger partial charge >= 0.3 is 0 Å². The number of rotatable bonds is 3. The smallest absolute Gasteiger partial charge is 0.112 e. The van der Waals surface area contributed by atoms with Crippen LogP contribution in [-0.2, 0) is 4.74 Å². The van der Waals surface area contributed by atoms with Gasteiger partial charge < -0.3 is 10.5 Å². The summed E-state index contributed by atoms with van der Waals surface area (Å²) in [4.78, 5) is 0. The van der Waals surface area contributed by atoms with Crippen molar-refractivity contribution in [2.75, 3.05) is 26.4 Å². The first-order chi connectivity index (χ1) is 4.93. The quantitative estimate of drug-likeness (QED) is 0.601. The predicted molar refractivity (Wildman–Crippen MR) is 39.6 cm³/mol. The molecule has 0 amide bonds. The van der Waals surface area contributed by atoms with Crippen LogP contribution < -0.4 is 11.1 Å². The molecule has 0 bridgehead atoms. The molecule has 1 heterocycles. The zero-order chi connectivity index (χ0) is 7.23. The van der Waals surface area contributed by atoms with Crippen LogP contribution in [0.3, 0.4) is 0 Å². The van der Waals surface area contributed by atoms with Crippen molar-refractivity contribution in [3.05, 3.63) is 0 Å². The molecule has 0 aliphatic carbocycles. The van der Waals surface area contributed by atoms with Crippen molar-refractivity contribution in [3.8, 4) is 0 Å². The third kappa shape index (κ3) is 2.64. The lowest BCUT2D eigenvalue weighted by molar-refractivity contribution is 0.0399. The van der Waals surface area contributed by atoms with Gasteiger partial charge in [-0.2, -0.15) is 0 Å². The van der Waals surface area contributed by atoms with E-state index in [0.717, 1.165) is 26.1 Å². The summed E-state index contributed by atoms with van der Waals surface area (Å²) in [6.07, 6.45) is 2.27. The third-order valence-electron chi connectivity index (χ3n) is 1.74. The molecule has 1 unspecified atom stereocenters. The van der Waals surface area contributed by atoms with Gasteiger partial charge in [0.15, 0.2) is 0 Å². The number of hydrogen-bond donors (Lipinski definition) is 1. The van der Waals surface area contributed by atoms with Crippen molar-refractivity contribution in [2.24, 2.45) is 11.7 Å². The zero-order valence-corrected chi connectivity index (χ0v) is 6.25. The lowest BCUT2D eigenvalue weighted by Gasteiger charge is -2.21. The van der Waals surface area contributed by atoms with E-state index in [9.17, 15) is 0 Å². The van der Waals surface area contributed by atoms with Crippen LogP contribution in [0.5, 0.6) is 0 Å². The molecule has 1 rings (SSSR count). The van der Waals surface area contributed by atoms with E-state index >= 15 is 0 Å². The van der Waals surface area contributed by atoms with Crippen molar-refractivity contribution in [3.63, 3.8) is 0 Å². The Morgan fingerprint density at radius 1 is 1.60 bits per heavy atom. The van der Waals surface area contributed by atoms with E-state index in [1.165, 1.54) is 6.42 Å². The normalized spacial score (nSPS) is 26.7. The largest absolute Gasteiger partial charge is 0.364 e. The molecule has 0 aromatic heterocycles. The molecule has 0 aromatic carbocycles. The van der Waals surface area contributed by atoms with E-state index in [1.54, 1.807) is 0 Å². The van der Waals surface area contributed by atoms with Crippen LogP contribution in [0, 0.1) is 5.92 Å². The Bertz CT molecular complexity index is 81.7. The molecular weight excluding hydrogens is 128 g/mol. The van der Waals surface area contributed by atoms with Gasteiger partial charge in [-0.3, -0.25) is 0 Å². The second-order valence-corrected chi connectivity index (χ2v) is 2.70. The Hall–Kier alpha value is -0.120. The molecule has 1 radical (unpaired) electrons. The SMILES string of the molecule is NCCCC1C[N]COC1. The van der Waals surface area contributed by atoms with Crippen molar-refractivity contribution in [1.82, 2.24) is 5.32 Å². The van der Waals surface area contributed by atoms with Gasteiger partial charge in [-0.05, 0) is 25.3 Å². The Morgan fingerprint density at radius 3 is 3.10 bits per heavy atom. The maximum atomic E-state index is 5.37. The fourth-order valence-corrected chi connectivity index (χ4v) is 1.15. The summed E-state index contributed by atoms with van der Waals surface area (Å²) in [6, 6.07) is 0. The van der Waals surface area contributed by atoms with E-state index in [-0.39, 0.29) is 0 Å². The molecule has 1 saturated heterocycles. The summed E-state index contributed by atoms with van der Waals surface area (Å²) in [5.41, 5.74) is 5.37. The first-order valence-electron chi connectivity index (χ1n) is 3.84. The predicted octanol–water partition coefficient (Wildman–Crippen LogP) is -0.0664. The van der Waals surface area contributed by atoms with E-state index in [1.807, 2.05) is 0 Å². The molecule has 1 fully saturated rings. The van der Waals surface area contributed by atoms with Gasteiger partial charge in [-0.15, -0.1) is 0 Å². The molecule has 3 heteroatoms. The minimum absolute atomic E-state index is 0.596. The highest BCUT2D eigenvalue weighted by atomic mass is 16.5. The summed E-state index contributed by atoms with van der Waals surface area (Å²) in [5, 5.41) is 4.15. The summed E-state index contributed by atoms with van der Waals surface area (Å²) in [5.74, 6) is 0.636. The number of ether oxygens (including phenoxy) is 1. The van der Waals surface area contributed by atoms with Crippen LogP contribution in [0.1, 0.15) is 12.8 Å². The van der Waals surface area contributed by atoms with Crippen molar-refractivity contribution >= 4 is 0 Å². The maximum Gasteiger partial charge on any atom is 0.112 e. The molecular formula is C7H15N2O. The van der Waals surface area contributed by atoms with Crippen LogP contribution in [0.25, 0.3) is 0 Å². The van der Waals surface area contributed by atoms with Crippen molar-refractivity contribution in [1.29, 1.82) is 0 Å².